The number of Topliss-reactive ketones (excluding diaryl/α,β-unsaturated/α-hetero) is 1. The number of nitrogens with zero attached hydrogens (tertiary/aromatic N) is 3. The molecule has 182 valence electrons. The maximum Gasteiger partial charge on any atom is 0.268 e. The summed E-state index contributed by atoms with van der Waals surface area (Å²) in [6.45, 7) is -0.259. The van der Waals surface area contributed by atoms with Crippen LogP contribution in [0.15, 0.2) is 48.7 Å². The molecule has 0 bridgehead atoms. The van der Waals surface area contributed by atoms with Gasteiger partial charge in [0.1, 0.15) is 6.04 Å². The normalized spacial score (nSPS) is 18.4. The number of fused-ring (bicyclic) bond motifs is 2. The average Bonchev–Trinajstić information content (AvgIpc) is 3.21. The van der Waals surface area contributed by atoms with Gasteiger partial charge >= 0.3 is 0 Å². The molecule has 3 heterocycles. The van der Waals surface area contributed by atoms with Crippen LogP contribution in [0.25, 0.3) is 22.0 Å². The van der Waals surface area contributed by atoms with Crippen molar-refractivity contribution in [3.05, 3.63) is 65.4 Å². The standard InChI is InChI=1S/C27H22F2N4O3/c28-27(29)13-17(14-30)33(15-27)25(35)7-6-24(34)20-9-10-31-23-5-4-16(12-22(20)23)18-2-1-3-21-19(18)8-11-32-26(21)36/h1-5,9-10,12,17H,6-8,11,13,15H2,(H,32,36)/t17-/m0/s1. The van der Waals surface area contributed by atoms with Gasteiger partial charge in [-0.1, -0.05) is 18.2 Å². The molecule has 0 spiro atoms. The van der Waals surface area contributed by atoms with Crippen molar-refractivity contribution in [2.24, 2.45) is 0 Å². The fraction of sp³-hybridized carbons (Fsp3) is 0.296. The minimum Gasteiger partial charge on any atom is -0.352 e. The number of benzene rings is 2. The van der Waals surface area contributed by atoms with Crippen LogP contribution in [-0.2, 0) is 11.2 Å². The quantitative estimate of drug-likeness (QED) is 0.549. The number of nitriles is 1. The molecule has 1 N–H and O–H groups in total. The second kappa shape index (κ2) is 9.11. The summed E-state index contributed by atoms with van der Waals surface area (Å²) < 4.78 is 27.4. The van der Waals surface area contributed by atoms with E-state index in [1.54, 1.807) is 24.3 Å². The van der Waals surface area contributed by atoms with Gasteiger partial charge in [-0.3, -0.25) is 19.4 Å². The van der Waals surface area contributed by atoms with E-state index in [0.29, 0.717) is 35.0 Å². The molecule has 1 aromatic heterocycles. The lowest BCUT2D eigenvalue weighted by Gasteiger charge is -2.20. The van der Waals surface area contributed by atoms with Crippen LogP contribution in [0.2, 0.25) is 0 Å². The summed E-state index contributed by atoms with van der Waals surface area (Å²) in [4.78, 5) is 43.1. The molecule has 1 fully saturated rings. The van der Waals surface area contributed by atoms with Crippen LogP contribution in [0.5, 0.6) is 0 Å². The van der Waals surface area contributed by atoms with Crippen molar-refractivity contribution in [2.75, 3.05) is 13.1 Å². The Kier molecular flexibility index (Phi) is 5.96. The lowest BCUT2D eigenvalue weighted by atomic mass is 9.90. The second-order valence-electron chi connectivity index (χ2n) is 9.08. The third-order valence-electron chi connectivity index (χ3n) is 6.74. The Morgan fingerprint density at radius 2 is 1.97 bits per heavy atom. The Bertz CT molecular complexity index is 1450. The lowest BCUT2D eigenvalue weighted by molar-refractivity contribution is -0.132. The third-order valence-corrected chi connectivity index (χ3v) is 6.74. The van der Waals surface area contributed by atoms with E-state index in [1.807, 2.05) is 24.3 Å². The average molecular weight is 488 g/mol. The first kappa shape index (κ1) is 23.5. The third kappa shape index (κ3) is 4.31. The number of halogens is 2. The van der Waals surface area contributed by atoms with Gasteiger partial charge in [0.15, 0.2) is 5.78 Å². The smallest absolute Gasteiger partial charge is 0.268 e. The van der Waals surface area contributed by atoms with Gasteiger partial charge in [0.05, 0.1) is 18.1 Å². The van der Waals surface area contributed by atoms with E-state index < -0.39 is 30.8 Å². The number of alkyl halides is 2. The van der Waals surface area contributed by atoms with E-state index in [9.17, 15) is 23.2 Å². The van der Waals surface area contributed by atoms with Crippen LogP contribution < -0.4 is 5.32 Å². The largest absolute Gasteiger partial charge is 0.352 e. The van der Waals surface area contributed by atoms with E-state index >= 15 is 0 Å². The van der Waals surface area contributed by atoms with Crippen molar-refractivity contribution in [3.8, 4) is 17.2 Å². The highest BCUT2D eigenvalue weighted by Crippen LogP contribution is 2.33. The maximum absolute atomic E-state index is 13.7. The maximum atomic E-state index is 13.7. The topological polar surface area (TPSA) is 103 Å². The zero-order valence-electron chi connectivity index (χ0n) is 19.3. The van der Waals surface area contributed by atoms with Gasteiger partial charge in [-0.25, -0.2) is 8.78 Å². The summed E-state index contributed by atoms with van der Waals surface area (Å²) >= 11 is 0. The van der Waals surface area contributed by atoms with E-state index in [-0.39, 0.29) is 24.5 Å². The van der Waals surface area contributed by atoms with Crippen LogP contribution in [-0.4, -0.2) is 52.5 Å². The first-order valence-electron chi connectivity index (χ1n) is 11.7. The number of rotatable bonds is 5. The highest BCUT2D eigenvalue weighted by atomic mass is 19.3. The summed E-state index contributed by atoms with van der Waals surface area (Å²) in [5, 5.41) is 12.6. The van der Waals surface area contributed by atoms with Crippen LogP contribution >= 0.6 is 0 Å². The Morgan fingerprint density at radius 3 is 2.78 bits per heavy atom. The number of carbonyl (C=O) groups excluding carboxylic acids is 3. The minimum atomic E-state index is -3.10. The summed E-state index contributed by atoms with van der Waals surface area (Å²) in [6, 6.07) is 13.2. The molecular weight excluding hydrogens is 466 g/mol. The molecule has 9 heteroatoms. The Balaban J connectivity index is 1.41. The Hall–Kier alpha value is -4.19. The molecule has 5 rings (SSSR count). The molecule has 7 nitrogen and oxygen atoms in total. The first-order chi connectivity index (χ1) is 17.3. The molecule has 0 aliphatic carbocycles. The molecule has 36 heavy (non-hydrogen) atoms. The molecule has 0 radical (unpaired) electrons. The summed E-state index contributed by atoms with van der Waals surface area (Å²) in [6.07, 6.45) is 1.07. The summed E-state index contributed by atoms with van der Waals surface area (Å²) in [5.41, 5.74) is 4.28. The molecule has 0 unspecified atom stereocenters. The van der Waals surface area contributed by atoms with E-state index in [1.165, 1.54) is 6.20 Å². The number of hydrogen-bond acceptors (Lipinski definition) is 5. The van der Waals surface area contributed by atoms with Crippen LogP contribution in [0.1, 0.15) is 45.5 Å². The molecule has 2 aliphatic heterocycles. The predicted molar refractivity (Wildman–Crippen MR) is 127 cm³/mol. The minimum absolute atomic E-state index is 0.115. The van der Waals surface area contributed by atoms with Crippen molar-refractivity contribution in [2.45, 2.75) is 37.6 Å². The van der Waals surface area contributed by atoms with Gasteiger partial charge < -0.3 is 10.2 Å². The van der Waals surface area contributed by atoms with E-state index in [4.69, 9.17) is 5.26 Å². The van der Waals surface area contributed by atoms with Crippen molar-refractivity contribution in [3.63, 3.8) is 0 Å². The Morgan fingerprint density at radius 1 is 1.17 bits per heavy atom. The van der Waals surface area contributed by atoms with E-state index in [2.05, 4.69) is 10.3 Å². The molecule has 1 saturated heterocycles. The van der Waals surface area contributed by atoms with Crippen molar-refractivity contribution >= 4 is 28.5 Å². The van der Waals surface area contributed by atoms with Crippen LogP contribution in [0.3, 0.4) is 0 Å². The zero-order chi connectivity index (χ0) is 25.4. The van der Waals surface area contributed by atoms with Gasteiger partial charge in [0.2, 0.25) is 5.91 Å². The van der Waals surface area contributed by atoms with Gasteiger partial charge in [-0.05, 0) is 47.4 Å². The first-order valence-corrected chi connectivity index (χ1v) is 11.7. The number of carbonyl (C=O) groups is 3. The van der Waals surface area contributed by atoms with Gasteiger partial charge in [-0.15, -0.1) is 0 Å². The van der Waals surface area contributed by atoms with Crippen molar-refractivity contribution in [1.29, 1.82) is 5.26 Å². The SMILES string of the molecule is N#C[C@@H]1CC(F)(F)CN1C(=O)CCC(=O)c1ccnc2ccc(-c3cccc4c3CCNC4=O)cc12. The highest BCUT2D eigenvalue weighted by Gasteiger charge is 2.47. The highest BCUT2D eigenvalue weighted by molar-refractivity contribution is 6.09. The molecule has 2 aliphatic rings. The number of amides is 2. The van der Waals surface area contributed by atoms with Gasteiger partial charge in [-0.2, -0.15) is 5.26 Å². The van der Waals surface area contributed by atoms with Gasteiger partial charge in [0.25, 0.3) is 11.8 Å². The summed E-state index contributed by atoms with van der Waals surface area (Å²) in [5.74, 6) is -4.17. The molecule has 2 aromatic carbocycles. The van der Waals surface area contributed by atoms with E-state index in [0.717, 1.165) is 21.6 Å². The number of aromatic nitrogens is 1. The van der Waals surface area contributed by atoms with Crippen molar-refractivity contribution in [1.82, 2.24) is 15.2 Å². The van der Waals surface area contributed by atoms with Crippen molar-refractivity contribution < 1.29 is 23.2 Å². The molecular formula is C27H22F2N4O3. The lowest BCUT2D eigenvalue weighted by Crippen LogP contribution is -2.36. The molecule has 2 amide bonds. The fourth-order valence-electron chi connectivity index (χ4n) is 4.99. The number of likely N-dealkylation sites (tertiary alicyclic amines) is 1. The molecule has 0 saturated carbocycles. The number of nitrogens with one attached hydrogen (secondary N) is 1. The number of pyridine rings is 1. The monoisotopic (exact) mass is 488 g/mol. The zero-order valence-corrected chi connectivity index (χ0v) is 19.3. The van der Waals surface area contributed by atoms with Gasteiger partial charge in [0, 0.05) is 48.5 Å². The van der Waals surface area contributed by atoms with Crippen LogP contribution in [0, 0.1) is 11.3 Å². The number of ketones is 1. The fourth-order valence-corrected chi connectivity index (χ4v) is 4.99. The number of hydrogen-bond donors (Lipinski definition) is 1. The summed E-state index contributed by atoms with van der Waals surface area (Å²) in [7, 11) is 0. The predicted octanol–water partition coefficient (Wildman–Crippen LogP) is 3.91. The Labute approximate surface area is 205 Å². The second-order valence-corrected chi connectivity index (χ2v) is 9.08. The van der Waals surface area contributed by atoms with Crippen LogP contribution in [0.4, 0.5) is 8.78 Å². The molecule has 1 atom stereocenters. The molecule has 3 aromatic rings.